The Labute approximate surface area is 76.5 Å². The normalized spacial score (nSPS) is 14.8. The SMILES string of the molecule is CC(Cl)(Cl)OS(=O)(=O)C(F)(F)F. The summed E-state index contributed by atoms with van der Waals surface area (Å²) in [6.07, 6.45) is 0. The summed E-state index contributed by atoms with van der Waals surface area (Å²) in [6, 6.07) is 0. The first-order chi connectivity index (χ1) is 4.96. The first-order valence-electron chi connectivity index (χ1n) is 2.35. The van der Waals surface area contributed by atoms with Crippen molar-refractivity contribution in [2.75, 3.05) is 0 Å². The monoisotopic (exact) mass is 246 g/mol. The smallest absolute Gasteiger partial charge is 0.224 e. The van der Waals surface area contributed by atoms with E-state index in [0.29, 0.717) is 0 Å². The summed E-state index contributed by atoms with van der Waals surface area (Å²) in [5.74, 6) is 0. The van der Waals surface area contributed by atoms with Gasteiger partial charge in [0.25, 0.3) is 0 Å². The van der Waals surface area contributed by atoms with Crippen molar-refractivity contribution in [3.8, 4) is 0 Å². The van der Waals surface area contributed by atoms with Gasteiger partial charge in [-0.2, -0.15) is 21.6 Å². The third-order valence-corrected chi connectivity index (χ3v) is 2.00. The number of hydrogen-bond acceptors (Lipinski definition) is 3. The molecule has 0 unspecified atom stereocenters. The van der Waals surface area contributed by atoms with Gasteiger partial charge in [-0.3, -0.25) is 0 Å². The van der Waals surface area contributed by atoms with Crippen LogP contribution in [0.25, 0.3) is 0 Å². The van der Waals surface area contributed by atoms with Crippen LogP contribution in [0.3, 0.4) is 0 Å². The van der Waals surface area contributed by atoms with Gasteiger partial charge >= 0.3 is 15.6 Å². The zero-order valence-electron chi connectivity index (χ0n) is 5.52. The number of halogens is 5. The third kappa shape index (κ3) is 3.79. The maximum atomic E-state index is 11.5. The van der Waals surface area contributed by atoms with Crippen molar-refractivity contribution in [2.24, 2.45) is 0 Å². The van der Waals surface area contributed by atoms with E-state index < -0.39 is 20.1 Å². The van der Waals surface area contributed by atoms with E-state index >= 15 is 0 Å². The van der Waals surface area contributed by atoms with Gasteiger partial charge in [-0.15, -0.1) is 0 Å². The Morgan fingerprint density at radius 2 is 1.58 bits per heavy atom. The molecule has 0 aromatic carbocycles. The predicted molar refractivity (Wildman–Crippen MR) is 36.2 cm³/mol. The van der Waals surface area contributed by atoms with Gasteiger partial charge in [0.05, 0.1) is 0 Å². The van der Waals surface area contributed by atoms with Crippen molar-refractivity contribution < 1.29 is 25.8 Å². The Morgan fingerprint density at radius 1 is 1.25 bits per heavy atom. The molecule has 0 aliphatic rings. The lowest BCUT2D eigenvalue weighted by Gasteiger charge is -2.15. The van der Waals surface area contributed by atoms with E-state index in [1.807, 2.05) is 0 Å². The van der Waals surface area contributed by atoms with Crippen LogP contribution in [0.4, 0.5) is 13.2 Å². The van der Waals surface area contributed by atoms with Crippen molar-refractivity contribution >= 4 is 33.3 Å². The van der Waals surface area contributed by atoms with Gasteiger partial charge in [0, 0.05) is 0 Å². The minimum Gasteiger partial charge on any atom is -0.224 e. The van der Waals surface area contributed by atoms with E-state index in [1.165, 1.54) is 0 Å². The Kier molecular flexibility index (Phi) is 3.28. The molecule has 0 amide bonds. The van der Waals surface area contributed by atoms with Crippen molar-refractivity contribution in [1.29, 1.82) is 0 Å². The fraction of sp³-hybridized carbons (Fsp3) is 1.00. The molecule has 0 N–H and O–H groups in total. The topological polar surface area (TPSA) is 43.4 Å². The summed E-state index contributed by atoms with van der Waals surface area (Å²) < 4.78 is 55.8. The van der Waals surface area contributed by atoms with Crippen molar-refractivity contribution in [3.05, 3.63) is 0 Å². The minimum absolute atomic E-state index is 0.749. The quantitative estimate of drug-likeness (QED) is 0.425. The van der Waals surface area contributed by atoms with Crippen LogP contribution in [-0.2, 0) is 14.3 Å². The van der Waals surface area contributed by atoms with Crippen molar-refractivity contribution in [3.63, 3.8) is 0 Å². The molecule has 3 nitrogen and oxygen atoms in total. The molecule has 0 aromatic rings. The summed E-state index contributed by atoms with van der Waals surface area (Å²) in [6.45, 7) is 0.749. The Bertz CT molecular complexity index is 251. The predicted octanol–water partition coefficient (Wildman–Crippen LogP) is 2.00. The maximum Gasteiger partial charge on any atom is 0.523 e. The molecule has 0 spiro atoms. The lowest BCUT2D eigenvalue weighted by atomic mass is 10.9. The third-order valence-electron chi connectivity index (χ3n) is 0.540. The molecule has 74 valence electrons. The summed E-state index contributed by atoms with van der Waals surface area (Å²) in [4.78, 5) is 0. The van der Waals surface area contributed by atoms with Gasteiger partial charge in [-0.1, -0.05) is 23.2 Å². The van der Waals surface area contributed by atoms with Gasteiger partial charge in [-0.25, -0.2) is 4.18 Å². The molecule has 0 aliphatic heterocycles. The molecule has 0 atom stereocenters. The second kappa shape index (κ2) is 3.21. The van der Waals surface area contributed by atoms with Crippen LogP contribution in [0.2, 0.25) is 0 Å². The van der Waals surface area contributed by atoms with E-state index in [9.17, 15) is 21.6 Å². The minimum atomic E-state index is -5.72. The van der Waals surface area contributed by atoms with E-state index in [-0.39, 0.29) is 0 Å². The van der Waals surface area contributed by atoms with Gasteiger partial charge in [0.15, 0.2) is 0 Å². The molecular formula is C3H3Cl2F3O3S. The Hall–Kier alpha value is 0.280. The van der Waals surface area contributed by atoms with Crippen LogP contribution in [-0.4, -0.2) is 18.4 Å². The second-order valence-electron chi connectivity index (χ2n) is 1.79. The zero-order valence-corrected chi connectivity index (χ0v) is 7.85. The number of rotatable bonds is 2. The summed E-state index contributed by atoms with van der Waals surface area (Å²) >= 11 is 9.78. The molecule has 12 heavy (non-hydrogen) atoms. The molecule has 0 heterocycles. The van der Waals surface area contributed by atoms with Crippen LogP contribution in [0.15, 0.2) is 0 Å². The lowest BCUT2D eigenvalue weighted by Crippen LogP contribution is -2.30. The number of hydrogen-bond donors (Lipinski definition) is 0. The molecule has 9 heteroatoms. The van der Waals surface area contributed by atoms with Crippen LogP contribution in [0.5, 0.6) is 0 Å². The molecule has 0 aromatic heterocycles. The van der Waals surface area contributed by atoms with E-state index in [4.69, 9.17) is 23.2 Å². The zero-order chi connectivity index (χ0) is 10.2. The van der Waals surface area contributed by atoms with Crippen LogP contribution in [0, 0.1) is 0 Å². The number of alkyl halides is 5. The fourth-order valence-electron chi connectivity index (χ4n) is 0.240. The van der Waals surface area contributed by atoms with E-state index in [0.717, 1.165) is 6.92 Å². The van der Waals surface area contributed by atoms with Crippen molar-refractivity contribution in [2.45, 2.75) is 17.0 Å². The molecule has 0 radical (unpaired) electrons. The molecule has 0 rings (SSSR count). The first-order valence-corrected chi connectivity index (χ1v) is 4.52. The molecule has 0 aliphatic carbocycles. The highest BCUT2D eigenvalue weighted by atomic mass is 35.5. The van der Waals surface area contributed by atoms with Crippen molar-refractivity contribution in [1.82, 2.24) is 0 Å². The van der Waals surface area contributed by atoms with Gasteiger partial charge < -0.3 is 0 Å². The van der Waals surface area contributed by atoms with Crippen LogP contribution in [0.1, 0.15) is 6.92 Å². The highest BCUT2D eigenvalue weighted by molar-refractivity contribution is 7.87. The Morgan fingerprint density at radius 3 is 1.67 bits per heavy atom. The summed E-state index contributed by atoms with van der Waals surface area (Å²) in [7, 11) is -5.72. The Balaban J connectivity index is 4.70. The van der Waals surface area contributed by atoms with Crippen LogP contribution >= 0.6 is 23.2 Å². The highest BCUT2D eigenvalue weighted by Gasteiger charge is 2.50. The van der Waals surface area contributed by atoms with Gasteiger partial charge in [0.1, 0.15) is 0 Å². The van der Waals surface area contributed by atoms with E-state index in [2.05, 4.69) is 4.18 Å². The maximum absolute atomic E-state index is 11.5. The standard InChI is InChI=1S/C3H3Cl2F3O3S/c1-2(4,5)11-12(9,10)3(6,7)8/h1H3. The summed E-state index contributed by atoms with van der Waals surface area (Å²) in [5, 5.41) is 0. The molecular weight excluding hydrogens is 244 g/mol. The molecule has 0 saturated heterocycles. The second-order valence-corrected chi connectivity index (χ2v) is 4.96. The lowest BCUT2D eigenvalue weighted by molar-refractivity contribution is -0.0558. The molecule has 0 bridgehead atoms. The highest BCUT2D eigenvalue weighted by Crippen LogP contribution is 2.32. The van der Waals surface area contributed by atoms with Crippen LogP contribution < -0.4 is 0 Å². The fourth-order valence-corrected chi connectivity index (χ4v) is 1.22. The largest absolute Gasteiger partial charge is 0.523 e. The van der Waals surface area contributed by atoms with Gasteiger partial charge in [0.2, 0.25) is 4.52 Å². The average Bonchev–Trinajstić information content (AvgIpc) is 1.52. The molecule has 0 fully saturated rings. The molecule has 0 saturated carbocycles. The van der Waals surface area contributed by atoms with Gasteiger partial charge in [-0.05, 0) is 6.92 Å². The summed E-state index contributed by atoms with van der Waals surface area (Å²) in [5.41, 5.74) is -5.52. The van der Waals surface area contributed by atoms with E-state index in [1.54, 1.807) is 0 Å². The average molecular weight is 247 g/mol. The first kappa shape index (κ1) is 12.3.